The zero-order valence-electron chi connectivity index (χ0n) is 11.3. The van der Waals surface area contributed by atoms with Crippen LogP contribution in [-0.2, 0) is 9.59 Å². The van der Waals surface area contributed by atoms with Gasteiger partial charge in [-0.25, -0.2) is 0 Å². The summed E-state index contributed by atoms with van der Waals surface area (Å²) in [5.41, 5.74) is 1.17. The van der Waals surface area contributed by atoms with Crippen LogP contribution in [0, 0.1) is 0 Å². The van der Waals surface area contributed by atoms with Crippen LogP contribution in [-0.4, -0.2) is 23.5 Å². The fourth-order valence-electron chi connectivity index (χ4n) is 1.99. The predicted octanol–water partition coefficient (Wildman–Crippen LogP) is 2.55. The van der Waals surface area contributed by atoms with Gasteiger partial charge in [0.1, 0.15) is 0 Å². The molecule has 0 aliphatic carbocycles. The molecule has 0 saturated carbocycles. The third-order valence-corrected chi connectivity index (χ3v) is 3.09. The molecule has 0 aliphatic rings. The van der Waals surface area contributed by atoms with Gasteiger partial charge in [-0.3, -0.25) is 9.59 Å². The Labute approximate surface area is 113 Å². The second kappa shape index (κ2) is 8.29. The van der Waals surface area contributed by atoms with Gasteiger partial charge in [0.25, 0.3) is 0 Å². The molecule has 1 amide bonds. The van der Waals surface area contributed by atoms with E-state index in [0.29, 0.717) is 19.4 Å². The summed E-state index contributed by atoms with van der Waals surface area (Å²) in [7, 11) is 0. The number of hydrogen-bond donors (Lipinski definition) is 2. The third-order valence-electron chi connectivity index (χ3n) is 3.09. The van der Waals surface area contributed by atoms with E-state index in [-0.39, 0.29) is 18.2 Å². The summed E-state index contributed by atoms with van der Waals surface area (Å²) in [5.74, 6) is -0.619. The van der Waals surface area contributed by atoms with E-state index in [1.54, 1.807) is 0 Å². The van der Waals surface area contributed by atoms with Crippen molar-refractivity contribution in [3.05, 3.63) is 35.9 Å². The highest BCUT2D eigenvalue weighted by molar-refractivity contribution is 5.77. The van der Waals surface area contributed by atoms with Gasteiger partial charge in [-0.2, -0.15) is 0 Å². The Hall–Kier alpha value is -1.84. The minimum absolute atomic E-state index is 0.0129. The Morgan fingerprint density at radius 1 is 1.26 bits per heavy atom. The summed E-state index contributed by atoms with van der Waals surface area (Å²) in [5, 5.41) is 11.3. The molecule has 0 fully saturated rings. The van der Waals surface area contributed by atoms with E-state index in [9.17, 15) is 9.59 Å². The Balaban J connectivity index is 2.35. The molecule has 0 bridgehead atoms. The predicted molar refractivity (Wildman–Crippen MR) is 74.0 cm³/mol. The topological polar surface area (TPSA) is 66.4 Å². The molecule has 0 saturated heterocycles. The van der Waals surface area contributed by atoms with Gasteiger partial charge < -0.3 is 10.4 Å². The number of carbonyl (C=O) groups excluding carboxylic acids is 1. The van der Waals surface area contributed by atoms with E-state index in [4.69, 9.17) is 5.11 Å². The number of nitrogens with one attached hydrogen (secondary N) is 1. The molecular formula is C15H21NO3. The van der Waals surface area contributed by atoms with Gasteiger partial charge in [-0.1, -0.05) is 37.3 Å². The molecule has 4 nitrogen and oxygen atoms in total. The lowest BCUT2D eigenvalue weighted by Gasteiger charge is -2.15. The standard InChI is InChI=1S/C15H21NO3/c1-2-12(13-7-4-3-5-8-13)11-14(17)16-10-6-9-15(18)19/h3-5,7-8,12H,2,6,9-11H2,1H3,(H,16,17)(H,18,19). The highest BCUT2D eigenvalue weighted by atomic mass is 16.4. The van der Waals surface area contributed by atoms with Crippen molar-refractivity contribution in [1.82, 2.24) is 5.32 Å². The summed E-state index contributed by atoms with van der Waals surface area (Å²) in [6, 6.07) is 9.98. The number of amides is 1. The Kier molecular flexibility index (Phi) is 6.64. The molecule has 4 heteroatoms. The lowest BCUT2D eigenvalue weighted by atomic mass is 9.93. The largest absolute Gasteiger partial charge is 0.481 e. The van der Waals surface area contributed by atoms with Gasteiger partial charge in [0, 0.05) is 19.4 Å². The molecule has 0 aliphatic heterocycles. The number of carboxylic acids is 1. The molecule has 0 radical (unpaired) electrons. The van der Waals surface area contributed by atoms with E-state index < -0.39 is 5.97 Å². The lowest BCUT2D eigenvalue weighted by Crippen LogP contribution is -2.26. The molecule has 0 aromatic heterocycles. The summed E-state index contributed by atoms with van der Waals surface area (Å²) in [6.07, 6.45) is 1.93. The van der Waals surface area contributed by atoms with Crippen LogP contribution >= 0.6 is 0 Å². The van der Waals surface area contributed by atoms with Crippen molar-refractivity contribution >= 4 is 11.9 Å². The van der Waals surface area contributed by atoms with Crippen molar-refractivity contribution in [1.29, 1.82) is 0 Å². The van der Waals surface area contributed by atoms with Gasteiger partial charge in [-0.05, 0) is 24.3 Å². The minimum atomic E-state index is -0.829. The molecule has 104 valence electrons. The van der Waals surface area contributed by atoms with Crippen molar-refractivity contribution in [2.24, 2.45) is 0 Å². The van der Waals surface area contributed by atoms with Crippen molar-refractivity contribution in [2.45, 2.75) is 38.5 Å². The number of carbonyl (C=O) groups is 2. The SMILES string of the molecule is CCC(CC(=O)NCCCC(=O)O)c1ccccc1. The second-order valence-corrected chi connectivity index (χ2v) is 4.57. The molecule has 1 aromatic rings. The summed E-state index contributed by atoms with van der Waals surface area (Å²) in [4.78, 5) is 22.1. The quantitative estimate of drug-likeness (QED) is 0.708. The van der Waals surface area contributed by atoms with Gasteiger partial charge in [0.05, 0.1) is 0 Å². The number of hydrogen-bond acceptors (Lipinski definition) is 2. The smallest absolute Gasteiger partial charge is 0.303 e. The fourth-order valence-corrected chi connectivity index (χ4v) is 1.99. The van der Waals surface area contributed by atoms with Crippen LogP contribution in [0.2, 0.25) is 0 Å². The van der Waals surface area contributed by atoms with Gasteiger partial charge in [0.15, 0.2) is 0 Å². The minimum Gasteiger partial charge on any atom is -0.481 e. The maximum atomic E-state index is 11.8. The normalized spacial score (nSPS) is 11.8. The zero-order valence-corrected chi connectivity index (χ0v) is 11.3. The first-order valence-corrected chi connectivity index (χ1v) is 6.67. The summed E-state index contributed by atoms with van der Waals surface area (Å²) in [6.45, 7) is 2.49. The van der Waals surface area contributed by atoms with E-state index in [1.165, 1.54) is 5.56 Å². The first-order chi connectivity index (χ1) is 9.13. The molecule has 1 unspecified atom stereocenters. The maximum absolute atomic E-state index is 11.8. The van der Waals surface area contributed by atoms with Crippen molar-refractivity contribution in [3.63, 3.8) is 0 Å². The first kappa shape index (κ1) is 15.2. The molecule has 2 N–H and O–H groups in total. The Morgan fingerprint density at radius 2 is 1.95 bits per heavy atom. The molecule has 1 rings (SSSR count). The highest BCUT2D eigenvalue weighted by Gasteiger charge is 2.13. The average Bonchev–Trinajstić information content (AvgIpc) is 2.41. The van der Waals surface area contributed by atoms with Crippen LogP contribution in [0.3, 0.4) is 0 Å². The van der Waals surface area contributed by atoms with Crippen LogP contribution in [0.1, 0.15) is 44.1 Å². The van der Waals surface area contributed by atoms with Crippen LogP contribution in [0.4, 0.5) is 0 Å². The van der Waals surface area contributed by atoms with Crippen molar-refractivity contribution in [2.75, 3.05) is 6.54 Å². The van der Waals surface area contributed by atoms with Crippen LogP contribution < -0.4 is 5.32 Å². The molecule has 0 heterocycles. The number of aliphatic carboxylic acids is 1. The first-order valence-electron chi connectivity index (χ1n) is 6.67. The Bertz CT molecular complexity index is 403. The highest BCUT2D eigenvalue weighted by Crippen LogP contribution is 2.22. The zero-order chi connectivity index (χ0) is 14.1. The fraction of sp³-hybridized carbons (Fsp3) is 0.467. The number of rotatable bonds is 8. The van der Waals surface area contributed by atoms with E-state index >= 15 is 0 Å². The maximum Gasteiger partial charge on any atom is 0.303 e. The average molecular weight is 263 g/mol. The van der Waals surface area contributed by atoms with Crippen LogP contribution in [0.15, 0.2) is 30.3 Å². The van der Waals surface area contributed by atoms with E-state index in [0.717, 1.165) is 6.42 Å². The van der Waals surface area contributed by atoms with E-state index in [1.807, 2.05) is 30.3 Å². The van der Waals surface area contributed by atoms with Crippen LogP contribution in [0.25, 0.3) is 0 Å². The number of carboxylic acid groups (broad SMARTS) is 1. The Morgan fingerprint density at radius 3 is 2.53 bits per heavy atom. The number of benzene rings is 1. The summed E-state index contributed by atoms with van der Waals surface area (Å²) >= 11 is 0. The lowest BCUT2D eigenvalue weighted by molar-refractivity contribution is -0.137. The van der Waals surface area contributed by atoms with Gasteiger partial charge in [-0.15, -0.1) is 0 Å². The second-order valence-electron chi connectivity index (χ2n) is 4.57. The van der Waals surface area contributed by atoms with Crippen molar-refractivity contribution < 1.29 is 14.7 Å². The molecular weight excluding hydrogens is 242 g/mol. The van der Waals surface area contributed by atoms with Gasteiger partial charge in [0.2, 0.25) is 5.91 Å². The third kappa shape index (κ3) is 6.04. The molecule has 19 heavy (non-hydrogen) atoms. The molecule has 0 spiro atoms. The molecule has 1 aromatic carbocycles. The van der Waals surface area contributed by atoms with Crippen molar-refractivity contribution in [3.8, 4) is 0 Å². The molecule has 1 atom stereocenters. The van der Waals surface area contributed by atoms with Crippen LogP contribution in [0.5, 0.6) is 0 Å². The van der Waals surface area contributed by atoms with Gasteiger partial charge >= 0.3 is 5.97 Å². The summed E-state index contributed by atoms with van der Waals surface area (Å²) < 4.78 is 0. The van der Waals surface area contributed by atoms with E-state index in [2.05, 4.69) is 12.2 Å². The monoisotopic (exact) mass is 263 g/mol.